The number of hydrogen-bond donors (Lipinski definition) is 0. The first-order valence-corrected chi connectivity index (χ1v) is 14.7. The number of rotatable bonds is 10. The van der Waals surface area contributed by atoms with Crippen LogP contribution in [0.2, 0.25) is 5.02 Å². The average Bonchev–Trinajstić information content (AvgIpc) is 3.43. The zero-order valence-corrected chi connectivity index (χ0v) is 23.4. The predicted molar refractivity (Wildman–Crippen MR) is 147 cm³/mol. The highest BCUT2D eigenvalue weighted by atomic mass is 35.5. The summed E-state index contributed by atoms with van der Waals surface area (Å²) in [6, 6.07) is 17.1. The number of aromatic nitrogens is 1. The Hall–Kier alpha value is -2.79. The first-order valence-electron chi connectivity index (χ1n) is 11.1. The molecule has 194 valence electrons. The van der Waals surface area contributed by atoms with Gasteiger partial charge in [0, 0.05) is 33.4 Å². The van der Waals surface area contributed by atoms with Crippen LogP contribution < -0.4 is 13.8 Å². The van der Waals surface area contributed by atoms with Crippen LogP contribution in [0.5, 0.6) is 11.5 Å². The van der Waals surface area contributed by atoms with Crippen LogP contribution in [0.4, 0.5) is 9.52 Å². The molecule has 11 heteroatoms. The Morgan fingerprint density at radius 1 is 1.11 bits per heavy atom. The second-order valence-corrected chi connectivity index (χ2v) is 12.4. The first kappa shape index (κ1) is 27.3. The monoisotopic (exact) mass is 578 g/mol. The molecular weight excluding hydrogens is 555 g/mol. The summed E-state index contributed by atoms with van der Waals surface area (Å²) in [7, 11) is -1.39. The highest BCUT2D eigenvalue weighted by Crippen LogP contribution is 2.41. The lowest BCUT2D eigenvalue weighted by atomic mass is 10.2. The molecule has 1 aromatic heterocycles. The van der Waals surface area contributed by atoms with Crippen LogP contribution in [0, 0.1) is 5.82 Å². The standard InChI is InChI=1S/C26H24ClFN2O4S3/c1-17(18-7-5-4-6-8-18)36-24-15-22(28)25(14-21(24)27)37(31,32)30(26-29-11-12-35-26)16-19-9-10-20(33-2)13-23(19)34-3/h4-15,17H,16H2,1-3H3/t17-/m0/s1. The summed E-state index contributed by atoms with van der Waals surface area (Å²) in [6.07, 6.45) is 1.49. The van der Waals surface area contributed by atoms with Crippen molar-refractivity contribution in [2.75, 3.05) is 18.5 Å². The third-order valence-corrected chi connectivity index (χ3v) is 9.87. The Labute approximate surface area is 229 Å². The fourth-order valence-electron chi connectivity index (χ4n) is 3.63. The van der Waals surface area contributed by atoms with Crippen molar-refractivity contribution in [1.82, 2.24) is 4.98 Å². The second-order valence-electron chi connectivity index (χ2n) is 7.89. The SMILES string of the molecule is COc1ccc(CN(c2nccs2)S(=O)(=O)c2cc(Cl)c(S[C@@H](C)c3ccccc3)cc2F)c(OC)c1. The van der Waals surface area contributed by atoms with Crippen LogP contribution in [0.25, 0.3) is 0 Å². The lowest BCUT2D eigenvalue weighted by Gasteiger charge is -2.24. The summed E-state index contributed by atoms with van der Waals surface area (Å²) in [5.41, 5.74) is 1.60. The summed E-state index contributed by atoms with van der Waals surface area (Å²) in [5.74, 6) is 0.0894. The van der Waals surface area contributed by atoms with Crippen molar-refractivity contribution in [2.45, 2.75) is 28.5 Å². The molecule has 0 amide bonds. The van der Waals surface area contributed by atoms with Crippen LogP contribution in [0.1, 0.15) is 23.3 Å². The number of thiazole rings is 1. The summed E-state index contributed by atoms with van der Waals surface area (Å²) in [6.45, 7) is 1.84. The number of halogens is 2. The van der Waals surface area contributed by atoms with Crippen molar-refractivity contribution >= 4 is 49.9 Å². The lowest BCUT2D eigenvalue weighted by Crippen LogP contribution is -2.31. The molecule has 0 N–H and O–H groups in total. The van der Waals surface area contributed by atoms with Gasteiger partial charge in [0.05, 0.1) is 25.8 Å². The molecule has 0 aliphatic rings. The molecule has 0 unspecified atom stereocenters. The third-order valence-electron chi connectivity index (χ3n) is 5.57. The van der Waals surface area contributed by atoms with E-state index in [-0.39, 0.29) is 21.9 Å². The molecule has 0 aliphatic carbocycles. The van der Waals surface area contributed by atoms with Gasteiger partial charge in [-0.05, 0) is 36.8 Å². The normalized spacial score (nSPS) is 12.2. The molecule has 0 spiro atoms. The quantitative estimate of drug-likeness (QED) is 0.185. The largest absolute Gasteiger partial charge is 0.497 e. The van der Waals surface area contributed by atoms with Crippen LogP contribution in [0.3, 0.4) is 0 Å². The maximum absolute atomic E-state index is 15.4. The van der Waals surface area contributed by atoms with E-state index in [2.05, 4.69) is 4.98 Å². The van der Waals surface area contributed by atoms with Crippen molar-refractivity contribution in [3.05, 3.63) is 94.2 Å². The molecule has 0 aliphatic heterocycles. The van der Waals surface area contributed by atoms with Gasteiger partial charge < -0.3 is 9.47 Å². The van der Waals surface area contributed by atoms with Crippen LogP contribution in [0.15, 0.2) is 82.0 Å². The Morgan fingerprint density at radius 3 is 2.51 bits per heavy atom. The van der Waals surface area contributed by atoms with Crippen molar-refractivity contribution in [1.29, 1.82) is 0 Å². The predicted octanol–water partition coefficient (Wildman–Crippen LogP) is 7.20. The highest BCUT2D eigenvalue weighted by molar-refractivity contribution is 7.99. The Kier molecular flexibility index (Phi) is 8.63. The molecule has 0 radical (unpaired) electrons. The van der Waals surface area contributed by atoms with E-state index in [1.807, 2.05) is 37.3 Å². The maximum Gasteiger partial charge on any atom is 0.269 e. The van der Waals surface area contributed by atoms with Gasteiger partial charge in [-0.1, -0.05) is 41.9 Å². The second kappa shape index (κ2) is 11.7. The summed E-state index contributed by atoms with van der Waals surface area (Å²) < 4.78 is 54.8. The van der Waals surface area contributed by atoms with E-state index in [1.165, 1.54) is 38.2 Å². The fraction of sp³-hybridized carbons (Fsp3) is 0.192. The number of anilines is 1. The minimum atomic E-state index is -4.39. The number of ether oxygens (including phenoxy) is 2. The number of nitrogens with zero attached hydrogens (tertiary/aromatic N) is 2. The van der Waals surface area contributed by atoms with Gasteiger partial charge in [-0.15, -0.1) is 23.1 Å². The number of thioether (sulfide) groups is 1. The number of benzene rings is 3. The summed E-state index contributed by atoms with van der Waals surface area (Å²) in [5, 5.41) is 1.96. The van der Waals surface area contributed by atoms with Crippen molar-refractivity contribution in [3.63, 3.8) is 0 Å². The van der Waals surface area contributed by atoms with Crippen LogP contribution in [-0.4, -0.2) is 27.6 Å². The van der Waals surface area contributed by atoms with Gasteiger partial charge in [-0.25, -0.2) is 22.1 Å². The zero-order chi connectivity index (χ0) is 26.6. The topological polar surface area (TPSA) is 68.7 Å². The molecular formula is C26H24ClFN2O4S3. The number of hydrogen-bond acceptors (Lipinski definition) is 7. The van der Waals surface area contributed by atoms with E-state index in [1.54, 1.807) is 23.6 Å². The van der Waals surface area contributed by atoms with E-state index in [4.69, 9.17) is 21.1 Å². The van der Waals surface area contributed by atoms with E-state index in [0.29, 0.717) is 22.0 Å². The Morgan fingerprint density at radius 2 is 1.86 bits per heavy atom. The van der Waals surface area contributed by atoms with E-state index in [0.717, 1.165) is 27.3 Å². The van der Waals surface area contributed by atoms with Crippen LogP contribution >= 0.6 is 34.7 Å². The van der Waals surface area contributed by atoms with Crippen molar-refractivity contribution in [3.8, 4) is 11.5 Å². The van der Waals surface area contributed by atoms with Gasteiger partial charge in [0.1, 0.15) is 22.2 Å². The number of sulfonamides is 1. The molecule has 4 aromatic rings. The van der Waals surface area contributed by atoms with Crippen molar-refractivity contribution in [2.24, 2.45) is 0 Å². The molecule has 1 heterocycles. The van der Waals surface area contributed by atoms with E-state index < -0.39 is 20.7 Å². The molecule has 0 saturated heterocycles. The molecule has 0 saturated carbocycles. The molecule has 0 bridgehead atoms. The van der Waals surface area contributed by atoms with Gasteiger partial charge in [0.25, 0.3) is 10.0 Å². The minimum Gasteiger partial charge on any atom is -0.497 e. The summed E-state index contributed by atoms with van der Waals surface area (Å²) >= 11 is 8.97. The molecule has 0 fully saturated rings. The van der Waals surface area contributed by atoms with Gasteiger partial charge in [0.2, 0.25) is 0 Å². The van der Waals surface area contributed by atoms with Crippen LogP contribution in [-0.2, 0) is 16.6 Å². The molecule has 1 atom stereocenters. The van der Waals surface area contributed by atoms with Crippen molar-refractivity contribution < 1.29 is 22.3 Å². The van der Waals surface area contributed by atoms with Gasteiger partial charge in [0.15, 0.2) is 5.13 Å². The van der Waals surface area contributed by atoms with Gasteiger partial charge in [-0.3, -0.25) is 0 Å². The van der Waals surface area contributed by atoms with E-state index >= 15 is 4.39 Å². The maximum atomic E-state index is 15.4. The zero-order valence-electron chi connectivity index (χ0n) is 20.2. The highest BCUT2D eigenvalue weighted by Gasteiger charge is 2.32. The molecule has 3 aromatic carbocycles. The first-order chi connectivity index (χ1) is 17.7. The van der Waals surface area contributed by atoms with Gasteiger partial charge in [-0.2, -0.15) is 0 Å². The lowest BCUT2D eigenvalue weighted by molar-refractivity contribution is 0.391. The Balaban J connectivity index is 1.70. The smallest absolute Gasteiger partial charge is 0.269 e. The third kappa shape index (κ3) is 6.04. The summed E-state index contributed by atoms with van der Waals surface area (Å²) in [4.78, 5) is 4.10. The van der Waals surface area contributed by atoms with Gasteiger partial charge >= 0.3 is 0 Å². The molecule has 37 heavy (non-hydrogen) atoms. The van der Waals surface area contributed by atoms with E-state index in [9.17, 15) is 8.42 Å². The number of methoxy groups -OCH3 is 2. The minimum absolute atomic E-state index is 0.0186. The molecule has 4 rings (SSSR count). The molecule has 6 nitrogen and oxygen atoms in total. The average molecular weight is 579 g/mol. The Bertz CT molecular complexity index is 1470. The fourth-order valence-corrected chi connectivity index (χ4v) is 7.35.